The SMILES string of the molecule is COc1c(-c2cc3c(s2)CCCC3NC(=O)c2ccoc2)c(C2CC2)cc2c(=O)c(C(=O)O)c[nH]c12. The maximum atomic E-state index is 13.0. The molecular formula is C27H24N2O6S. The number of carboxylic acids is 1. The summed E-state index contributed by atoms with van der Waals surface area (Å²) < 4.78 is 10.9. The molecule has 0 radical (unpaired) electrons. The second-order valence-corrected chi connectivity index (χ2v) is 10.5. The van der Waals surface area contributed by atoms with Crippen molar-refractivity contribution in [3.8, 4) is 16.2 Å². The highest BCUT2D eigenvalue weighted by Gasteiger charge is 2.33. The third-order valence-electron chi connectivity index (χ3n) is 7.06. The van der Waals surface area contributed by atoms with Gasteiger partial charge in [-0.15, -0.1) is 11.3 Å². The molecule has 2 aliphatic rings. The Balaban J connectivity index is 1.48. The van der Waals surface area contributed by atoms with Gasteiger partial charge < -0.3 is 24.6 Å². The van der Waals surface area contributed by atoms with Crippen molar-refractivity contribution in [2.45, 2.75) is 44.1 Å². The van der Waals surface area contributed by atoms with Gasteiger partial charge >= 0.3 is 5.97 Å². The number of furan rings is 1. The van der Waals surface area contributed by atoms with Gasteiger partial charge in [-0.25, -0.2) is 4.79 Å². The van der Waals surface area contributed by atoms with E-state index in [2.05, 4.69) is 16.4 Å². The first kappa shape index (κ1) is 22.6. The van der Waals surface area contributed by atoms with Crippen LogP contribution in [0.5, 0.6) is 5.75 Å². The summed E-state index contributed by atoms with van der Waals surface area (Å²) in [7, 11) is 1.57. The molecule has 0 aliphatic heterocycles. The molecule has 184 valence electrons. The van der Waals surface area contributed by atoms with E-state index in [4.69, 9.17) is 9.15 Å². The predicted octanol–water partition coefficient (Wildman–Crippen LogP) is 5.24. The van der Waals surface area contributed by atoms with Crippen molar-refractivity contribution in [3.05, 3.63) is 74.3 Å². The summed E-state index contributed by atoms with van der Waals surface area (Å²) in [5.41, 5.74) is 3.22. The van der Waals surface area contributed by atoms with Gasteiger partial charge in [0, 0.05) is 21.5 Å². The van der Waals surface area contributed by atoms with E-state index in [0.29, 0.717) is 28.1 Å². The molecule has 36 heavy (non-hydrogen) atoms. The molecule has 2 aliphatic carbocycles. The first-order chi connectivity index (χ1) is 17.5. The summed E-state index contributed by atoms with van der Waals surface area (Å²) in [5.74, 6) is -0.588. The summed E-state index contributed by atoms with van der Waals surface area (Å²) >= 11 is 1.69. The molecule has 1 aromatic carbocycles. The Bertz CT molecular complexity index is 1560. The number of hydrogen-bond donors (Lipinski definition) is 3. The standard InChI is InChI=1S/C27H24N2O6S/c1-34-25-22(15(13-5-6-13)9-17-23(25)28-11-18(24(17)30)27(32)33)21-10-16-19(3-2-4-20(16)36-21)29-26(31)14-7-8-35-12-14/h7-13,19H,2-6H2,1H3,(H,28,30)(H,29,31)(H,32,33). The smallest absolute Gasteiger partial charge is 0.341 e. The van der Waals surface area contributed by atoms with Crippen molar-refractivity contribution >= 4 is 34.1 Å². The minimum atomic E-state index is -1.26. The van der Waals surface area contributed by atoms with Crippen molar-refractivity contribution in [1.29, 1.82) is 0 Å². The number of aromatic nitrogens is 1. The number of carbonyl (C=O) groups excluding carboxylic acids is 1. The molecule has 1 atom stereocenters. The lowest BCUT2D eigenvalue weighted by molar-refractivity contribution is 0.0695. The quantitative estimate of drug-likeness (QED) is 0.330. The third kappa shape index (κ3) is 3.71. The number of ether oxygens (including phenoxy) is 1. The summed E-state index contributed by atoms with van der Waals surface area (Å²) in [5, 5.41) is 12.9. The Hall–Kier alpha value is -3.85. The molecule has 0 saturated heterocycles. The van der Waals surface area contributed by atoms with Crippen LogP contribution in [0.4, 0.5) is 0 Å². The first-order valence-electron chi connectivity index (χ1n) is 11.9. The number of carbonyl (C=O) groups is 2. The van der Waals surface area contributed by atoms with Crippen LogP contribution in [0.2, 0.25) is 0 Å². The number of nitrogens with one attached hydrogen (secondary N) is 2. The monoisotopic (exact) mass is 504 g/mol. The highest BCUT2D eigenvalue weighted by atomic mass is 32.1. The van der Waals surface area contributed by atoms with E-state index in [1.54, 1.807) is 24.5 Å². The van der Waals surface area contributed by atoms with Crippen LogP contribution >= 0.6 is 11.3 Å². The number of aromatic carboxylic acids is 1. The minimum absolute atomic E-state index is 0.102. The molecule has 6 rings (SSSR count). The number of amides is 1. The Kier molecular flexibility index (Phi) is 5.44. The van der Waals surface area contributed by atoms with Gasteiger partial charge in [0.2, 0.25) is 5.43 Å². The molecular weight excluding hydrogens is 480 g/mol. The lowest BCUT2D eigenvalue weighted by atomic mass is 9.91. The van der Waals surface area contributed by atoms with Gasteiger partial charge in [0.05, 0.1) is 35.9 Å². The Labute approximate surface area is 209 Å². The van der Waals surface area contributed by atoms with Crippen molar-refractivity contribution in [3.63, 3.8) is 0 Å². The predicted molar refractivity (Wildman–Crippen MR) is 135 cm³/mol. The molecule has 0 bridgehead atoms. The second-order valence-electron chi connectivity index (χ2n) is 9.33. The van der Waals surface area contributed by atoms with Crippen LogP contribution in [0.15, 0.2) is 46.1 Å². The van der Waals surface area contributed by atoms with E-state index in [1.165, 1.54) is 23.6 Å². The zero-order valence-electron chi connectivity index (χ0n) is 19.6. The number of rotatable bonds is 6. The summed E-state index contributed by atoms with van der Waals surface area (Å²) in [6, 6.07) is 5.53. The molecule has 1 fully saturated rings. The fourth-order valence-corrected chi connectivity index (χ4v) is 6.48. The number of benzene rings is 1. The van der Waals surface area contributed by atoms with Crippen LogP contribution in [0.1, 0.15) is 74.4 Å². The summed E-state index contributed by atoms with van der Waals surface area (Å²) in [6.45, 7) is 0. The molecule has 3 aromatic heterocycles. The zero-order chi connectivity index (χ0) is 25.0. The lowest BCUT2D eigenvalue weighted by Crippen LogP contribution is -2.30. The zero-order valence-corrected chi connectivity index (χ0v) is 20.4. The average molecular weight is 505 g/mol. The van der Waals surface area contributed by atoms with E-state index < -0.39 is 11.4 Å². The number of fused-ring (bicyclic) bond motifs is 2. The molecule has 3 N–H and O–H groups in total. The largest absolute Gasteiger partial charge is 0.494 e. The van der Waals surface area contributed by atoms with Gasteiger partial charge in [-0.05, 0) is 67.3 Å². The summed E-state index contributed by atoms with van der Waals surface area (Å²) in [6.07, 6.45) is 8.93. The number of pyridine rings is 1. The molecule has 8 nitrogen and oxygen atoms in total. The van der Waals surface area contributed by atoms with Gasteiger partial charge in [-0.3, -0.25) is 9.59 Å². The van der Waals surface area contributed by atoms with E-state index >= 15 is 0 Å². The Morgan fingerprint density at radius 3 is 2.75 bits per heavy atom. The fourth-order valence-electron chi connectivity index (χ4n) is 5.15. The number of hydrogen-bond acceptors (Lipinski definition) is 6. The number of H-pyrrole nitrogens is 1. The Morgan fingerprint density at radius 2 is 2.06 bits per heavy atom. The molecule has 3 heterocycles. The number of aromatic amines is 1. The van der Waals surface area contributed by atoms with Crippen molar-refractivity contribution < 1.29 is 23.8 Å². The van der Waals surface area contributed by atoms with Crippen LogP contribution in [0.3, 0.4) is 0 Å². The number of methoxy groups -OCH3 is 1. The Morgan fingerprint density at radius 1 is 1.22 bits per heavy atom. The average Bonchev–Trinajstić information content (AvgIpc) is 3.37. The van der Waals surface area contributed by atoms with E-state index in [9.17, 15) is 19.5 Å². The molecule has 1 saturated carbocycles. The van der Waals surface area contributed by atoms with E-state index in [0.717, 1.165) is 53.7 Å². The van der Waals surface area contributed by atoms with Crippen molar-refractivity contribution in [1.82, 2.24) is 10.3 Å². The van der Waals surface area contributed by atoms with Crippen LogP contribution in [0, 0.1) is 0 Å². The number of carboxylic acid groups (broad SMARTS) is 1. The fraction of sp³-hybridized carbons (Fsp3) is 0.296. The van der Waals surface area contributed by atoms with Crippen LogP contribution in [0.25, 0.3) is 21.3 Å². The molecule has 1 amide bonds. The normalized spacial score (nSPS) is 17.1. The van der Waals surface area contributed by atoms with Crippen molar-refractivity contribution in [2.24, 2.45) is 0 Å². The van der Waals surface area contributed by atoms with Crippen LogP contribution in [-0.4, -0.2) is 29.1 Å². The topological polar surface area (TPSA) is 122 Å². The van der Waals surface area contributed by atoms with E-state index in [1.807, 2.05) is 6.07 Å². The van der Waals surface area contributed by atoms with Crippen LogP contribution < -0.4 is 15.5 Å². The maximum Gasteiger partial charge on any atom is 0.341 e. The maximum absolute atomic E-state index is 13.0. The highest BCUT2D eigenvalue weighted by Crippen LogP contribution is 2.52. The first-order valence-corrected chi connectivity index (χ1v) is 12.7. The molecule has 0 spiro atoms. The van der Waals surface area contributed by atoms with Gasteiger partial charge in [0.15, 0.2) is 5.75 Å². The van der Waals surface area contributed by atoms with Crippen molar-refractivity contribution in [2.75, 3.05) is 7.11 Å². The minimum Gasteiger partial charge on any atom is -0.494 e. The second kappa shape index (κ2) is 8.67. The van der Waals surface area contributed by atoms with Gasteiger partial charge in [0.25, 0.3) is 5.91 Å². The summed E-state index contributed by atoms with van der Waals surface area (Å²) in [4.78, 5) is 42.5. The van der Waals surface area contributed by atoms with Gasteiger partial charge in [-0.2, -0.15) is 0 Å². The number of aryl methyl sites for hydroxylation is 1. The van der Waals surface area contributed by atoms with Gasteiger partial charge in [0.1, 0.15) is 11.8 Å². The molecule has 4 aromatic rings. The van der Waals surface area contributed by atoms with E-state index in [-0.39, 0.29) is 17.5 Å². The highest BCUT2D eigenvalue weighted by molar-refractivity contribution is 7.15. The molecule has 1 unspecified atom stereocenters. The number of thiophene rings is 1. The van der Waals surface area contributed by atoms with Crippen LogP contribution in [-0.2, 0) is 6.42 Å². The molecule has 9 heteroatoms. The van der Waals surface area contributed by atoms with Gasteiger partial charge in [-0.1, -0.05) is 0 Å². The lowest BCUT2D eigenvalue weighted by Gasteiger charge is -2.23. The third-order valence-corrected chi connectivity index (χ3v) is 8.29.